The number of hydrogen-bond acceptors (Lipinski definition) is 3. The lowest BCUT2D eigenvalue weighted by Crippen LogP contribution is -2.24. The highest BCUT2D eigenvalue weighted by Gasteiger charge is 2.13. The summed E-state index contributed by atoms with van der Waals surface area (Å²) in [7, 11) is 3.54. The summed E-state index contributed by atoms with van der Waals surface area (Å²) in [6.07, 6.45) is 0. The Hall–Kier alpha value is -1.89. The first-order valence-corrected chi connectivity index (χ1v) is 5.14. The van der Waals surface area contributed by atoms with Gasteiger partial charge in [-0.1, -0.05) is 13.8 Å². The zero-order valence-electron chi connectivity index (χ0n) is 10.1. The Kier molecular flexibility index (Phi) is 3.62. The maximum absolute atomic E-state index is 8.97. The maximum atomic E-state index is 8.97. The van der Waals surface area contributed by atoms with Crippen molar-refractivity contribution in [1.29, 1.82) is 10.7 Å². The Morgan fingerprint density at radius 3 is 2.50 bits per heavy atom. The van der Waals surface area contributed by atoms with Crippen molar-refractivity contribution in [2.75, 3.05) is 14.1 Å². The van der Waals surface area contributed by atoms with Crippen LogP contribution in [0.5, 0.6) is 0 Å². The molecular formula is C12H16N4. The molecule has 0 saturated heterocycles. The van der Waals surface area contributed by atoms with Crippen LogP contribution in [0.1, 0.15) is 36.7 Å². The van der Waals surface area contributed by atoms with E-state index in [0.717, 1.165) is 5.69 Å². The van der Waals surface area contributed by atoms with Gasteiger partial charge in [0, 0.05) is 19.8 Å². The first kappa shape index (κ1) is 12.2. The lowest BCUT2D eigenvalue weighted by atomic mass is 10.1. The Balaban J connectivity index is 3.29. The lowest BCUT2D eigenvalue weighted by Gasteiger charge is -2.15. The molecule has 0 aromatic carbocycles. The summed E-state index contributed by atoms with van der Waals surface area (Å²) >= 11 is 0. The summed E-state index contributed by atoms with van der Waals surface area (Å²) in [4.78, 5) is 6.02. The SMILES string of the molecule is CC(C)c1ccc(C#N)c(C(=N)N(C)C)n1. The Morgan fingerprint density at radius 1 is 1.44 bits per heavy atom. The van der Waals surface area contributed by atoms with E-state index in [2.05, 4.69) is 11.1 Å². The molecule has 0 radical (unpaired) electrons. The number of nitrogens with one attached hydrogen (secondary N) is 1. The number of nitriles is 1. The molecular weight excluding hydrogens is 200 g/mol. The molecule has 0 fully saturated rings. The van der Waals surface area contributed by atoms with Gasteiger partial charge < -0.3 is 4.90 Å². The van der Waals surface area contributed by atoms with Crippen molar-refractivity contribution in [3.05, 3.63) is 29.1 Å². The van der Waals surface area contributed by atoms with Gasteiger partial charge in [0.15, 0.2) is 0 Å². The number of nitrogens with zero attached hydrogens (tertiary/aromatic N) is 3. The minimum atomic E-state index is 0.263. The van der Waals surface area contributed by atoms with Crippen molar-refractivity contribution in [3.63, 3.8) is 0 Å². The van der Waals surface area contributed by atoms with Gasteiger partial charge in [0.05, 0.1) is 5.56 Å². The molecule has 4 nitrogen and oxygen atoms in total. The molecule has 16 heavy (non-hydrogen) atoms. The van der Waals surface area contributed by atoms with Crippen molar-refractivity contribution in [1.82, 2.24) is 9.88 Å². The Morgan fingerprint density at radius 2 is 2.06 bits per heavy atom. The normalized spacial score (nSPS) is 10.0. The Labute approximate surface area is 96.0 Å². The maximum Gasteiger partial charge on any atom is 0.147 e. The van der Waals surface area contributed by atoms with E-state index in [-0.39, 0.29) is 5.84 Å². The average molecular weight is 216 g/mol. The van der Waals surface area contributed by atoms with Crippen molar-refractivity contribution < 1.29 is 0 Å². The third-order valence-electron chi connectivity index (χ3n) is 2.30. The second-order valence-electron chi connectivity index (χ2n) is 4.14. The monoisotopic (exact) mass is 216 g/mol. The second-order valence-corrected chi connectivity index (χ2v) is 4.14. The zero-order chi connectivity index (χ0) is 12.3. The van der Waals surface area contributed by atoms with E-state index < -0.39 is 0 Å². The fraction of sp³-hybridized carbons (Fsp3) is 0.417. The molecule has 0 atom stereocenters. The third-order valence-corrected chi connectivity index (χ3v) is 2.30. The minimum absolute atomic E-state index is 0.263. The quantitative estimate of drug-likeness (QED) is 0.607. The first-order chi connectivity index (χ1) is 7.47. The largest absolute Gasteiger partial charge is 0.361 e. The number of hydrogen-bond donors (Lipinski definition) is 1. The van der Waals surface area contributed by atoms with E-state index in [0.29, 0.717) is 17.2 Å². The van der Waals surface area contributed by atoms with Crippen LogP contribution in [0.2, 0.25) is 0 Å². The van der Waals surface area contributed by atoms with Crippen LogP contribution in [-0.2, 0) is 0 Å². The van der Waals surface area contributed by atoms with Crippen LogP contribution in [0, 0.1) is 16.7 Å². The van der Waals surface area contributed by atoms with Crippen LogP contribution in [0.15, 0.2) is 12.1 Å². The molecule has 0 spiro atoms. The van der Waals surface area contributed by atoms with Crippen molar-refractivity contribution in [2.45, 2.75) is 19.8 Å². The van der Waals surface area contributed by atoms with Gasteiger partial charge in [-0.15, -0.1) is 0 Å². The van der Waals surface area contributed by atoms with Gasteiger partial charge in [0.1, 0.15) is 17.6 Å². The van der Waals surface area contributed by atoms with Crippen molar-refractivity contribution >= 4 is 5.84 Å². The summed E-state index contributed by atoms with van der Waals surface area (Å²) in [6, 6.07) is 5.64. The number of amidine groups is 1. The summed E-state index contributed by atoms with van der Waals surface area (Å²) in [5, 5.41) is 16.9. The van der Waals surface area contributed by atoms with Gasteiger partial charge in [0.25, 0.3) is 0 Å². The average Bonchev–Trinajstić information content (AvgIpc) is 2.26. The summed E-state index contributed by atoms with van der Waals surface area (Å²) < 4.78 is 0. The molecule has 84 valence electrons. The van der Waals surface area contributed by atoms with Gasteiger partial charge in [-0.05, 0) is 18.1 Å². The molecule has 0 unspecified atom stereocenters. The smallest absolute Gasteiger partial charge is 0.147 e. The zero-order valence-corrected chi connectivity index (χ0v) is 10.1. The molecule has 0 amide bonds. The van der Waals surface area contributed by atoms with E-state index in [1.165, 1.54) is 0 Å². The molecule has 0 aliphatic carbocycles. The van der Waals surface area contributed by atoms with Gasteiger partial charge >= 0.3 is 0 Å². The molecule has 1 N–H and O–H groups in total. The third kappa shape index (κ3) is 2.37. The van der Waals surface area contributed by atoms with Crippen LogP contribution in [-0.4, -0.2) is 29.8 Å². The fourth-order valence-corrected chi connectivity index (χ4v) is 1.28. The summed E-state index contributed by atoms with van der Waals surface area (Å²) in [5.41, 5.74) is 1.81. The molecule has 4 heteroatoms. The summed E-state index contributed by atoms with van der Waals surface area (Å²) in [5.74, 6) is 0.556. The lowest BCUT2D eigenvalue weighted by molar-refractivity contribution is 0.615. The predicted molar refractivity (Wildman–Crippen MR) is 63.6 cm³/mol. The van der Waals surface area contributed by atoms with E-state index >= 15 is 0 Å². The van der Waals surface area contributed by atoms with Gasteiger partial charge in [-0.25, -0.2) is 4.98 Å². The minimum Gasteiger partial charge on any atom is -0.361 e. The molecule has 0 aliphatic rings. The molecule has 0 aliphatic heterocycles. The van der Waals surface area contributed by atoms with Crippen LogP contribution in [0.4, 0.5) is 0 Å². The topological polar surface area (TPSA) is 63.8 Å². The second kappa shape index (κ2) is 4.75. The highest BCUT2D eigenvalue weighted by Crippen LogP contribution is 2.15. The van der Waals surface area contributed by atoms with E-state index in [4.69, 9.17) is 10.7 Å². The highest BCUT2D eigenvalue weighted by atomic mass is 15.1. The van der Waals surface area contributed by atoms with Gasteiger partial charge in [-0.2, -0.15) is 5.26 Å². The van der Waals surface area contributed by atoms with Crippen LogP contribution >= 0.6 is 0 Å². The molecule has 1 heterocycles. The first-order valence-electron chi connectivity index (χ1n) is 5.14. The Bertz CT molecular complexity index is 441. The number of rotatable bonds is 2. The van der Waals surface area contributed by atoms with Crippen LogP contribution in [0.3, 0.4) is 0 Å². The van der Waals surface area contributed by atoms with E-state index in [1.54, 1.807) is 25.1 Å². The number of pyridine rings is 1. The van der Waals surface area contributed by atoms with Gasteiger partial charge in [-0.3, -0.25) is 5.41 Å². The molecule has 1 rings (SSSR count). The predicted octanol–water partition coefficient (Wildman–Crippen LogP) is 1.96. The molecule has 0 saturated carbocycles. The standard InChI is InChI=1S/C12H16N4/c1-8(2)10-6-5-9(7-13)11(15-10)12(14)16(3)4/h5-6,8,14H,1-4H3. The van der Waals surface area contributed by atoms with Crippen molar-refractivity contribution in [2.24, 2.45) is 0 Å². The molecule has 1 aromatic heterocycles. The molecule has 1 aromatic rings. The molecule has 0 bridgehead atoms. The van der Waals surface area contributed by atoms with E-state index in [1.807, 2.05) is 19.9 Å². The summed E-state index contributed by atoms with van der Waals surface area (Å²) in [6.45, 7) is 4.08. The number of aromatic nitrogens is 1. The van der Waals surface area contributed by atoms with E-state index in [9.17, 15) is 0 Å². The highest BCUT2D eigenvalue weighted by molar-refractivity contribution is 5.96. The van der Waals surface area contributed by atoms with Crippen LogP contribution < -0.4 is 0 Å². The van der Waals surface area contributed by atoms with Crippen LogP contribution in [0.25, 0.3) is 0 Å². The van der Waals surface area contributed by atoms with Gasteiger partial charge in [0.2, 0.25) is 0 Å². The fourth-order valence-electron chi connectivity index (χ4n) is 1.28. The van der Waals surface area contributed by atoms with Crippen molar-refractivity contribution in [3.8, 4) is 6.07 Å².